The molecular formula is C27H33N3. The lowest BCUT2D eigenvalue weighted by Gasteiger charge is -2.15. The monoisotopic (exact) mass is 399 g/mol. The highest BCUT2D eigenvalue weighted by molar-refractivity contribution is 5.87. The molecule has 156 valence electrons. The minimum absolute atomic E-state index is 0.702. The third-order valence-corrected chi connectivity index (χ3v) is 5.51. The van der Waals surface area contributed by atoms with E-state index < -0.39 is 0 Å². The van der Waals surface area contributed by atoms with Gasteiger partial charge in [0, 0.05) is 24.0 Å². The van der Waals surface area contributed by atoms with Gasteiger partial charge in [0.1, 0.15) is 0 Å². The quantitative estimate of drug-likeness (QED) is 0.483. The average Bonchev–Trinajstić information content (AvgIpc) is 2.75. The Morgan fingerprint density at radius 1 is 1.07 bits per heavy atom. The molecular weight excluding hydrogens is 366 g/mol. The fraction of sp³-hybridized carbons (Fsp3) is 0.333. The second-order valence-corrected chi connectivity index (χ2v) is 8.12. The molecule has 0 saturated heterocycles. The zero-order valence-electron chi connectivity index (χ0n) is 18.5. The number of nitrogens with zero attached hydrogens (tertiary/aromatic N) is 2. The predicted octanol–water partition coefficient (Wildman–Crippen LogP) is 6.60. The van der Waals surface area contributed by atoms with E-state index in [1.807, 2.05) is 26.2 Å². The van der Waals surface area contributed by atoms with Crippen LogP contribution in [-0.2, 0) is 13.0 Å². The number of rotatable bonds is 9. The summed E-state index contributed by atoms with van der Waals surface area (Å²) in [5.74, 6) is 0. The summed E-state index contributed by atoms with van der Waals surface area (Å²) in [6, 6.07) is 12.7. The summed E-state index contributed by atoms with van der Waals surface area (Å²) >= 11 is 0. The summed E-state index contributed by atoms with van der Waals surface area (Å²) in [6.45, 7) is 8.97. The molecule has 3 nitrogen and oxygen atoms in total. The smallest absolute Gasteiger partial charge is 0.0932 e. The zero-order chi connectivity index (χ0) is 21.3. The number of benzene rings is 1. The topological polar surface area (TPSA) is 37.3 Å². The van der Waals surface area contributed by atoms with Crippen LogP contribution in [0.3, 0.4) is 0 Å². The van der Waals surface area contributed by atoms with Gasteiger partial charge in [0.2, 0.25) is 0 Å². The molecule has 1 aliphatic rings. The Morgan fingerprint density at radius 3 is 2.47 bits per heavy atom. The lowest BCUT2D eigenvalue weighted by molar-refractivity contribution is 0.790. The average molecular weight is 400 g/mol. The molecule has 30 heavy (non-hydrogen) atoms. The molecule has 0 aliphatic heterocycles. The highest BCUT2D eigenvalue weighted by atomic mass is 14.9. The van der Waals surface area contributed by atoms with E-state index in [4.69, 9.17) is 4.99 Å². The molecule has 0 radical (unpaired) electrons. The number of aliphatic imine (C=N–C) groups is 1. The first-order valence-electron chi connectivity index (χ1n) is 10.8. The Hall–Kier alpha value is -2.78. The Bertz CT molecular complexity index is 965. The minimum Gasteiger partial charge on any atom is -0.314 e. The van der Waals surface area contributed by atoms with Crippen molar-refractivity contribution in [3.05, 3.63) is 89.3 Å². The van der Waals surface area contributed by atoms with Crippen molar-refractivity contribution in [2.75, 3.05) is 7.05 Å². The largest absolute Gasteiger partial charge is 0.314 e. The summed E-state index contributed by atoms with van der Waals surface area (Å²) in [4.78, 5) is 9.49. The number of pyridine rings is 1. The van der Waals surface area contributed by atoms with Gasteiger partial charge < -0.3 is 5.32 Å². The van der Waals surface area contributed by atoms with E-state index >= 15 is 0 Å². The van der Waals surface area contributed by atoms with Gasteiger partial charge in [-0.15, -0.1) is 0 Å². The van der Waals surface area contributed by atoms with Crippen LogP contribution in [0.5, 0.6) is 0 Å². The van der Waals surface area contributed by atoms with E-state index in [-0.39, 0.29) is 0 Å². The number of hydrogen-bond acceptors (Lipinski definition) is 3. The van der Waals surface area contributed by atoms with Gasteiger partial charge in [-0.05, 0) is 70.2 Å². The van der Waals surface area contributed by atoms with Crippen LogP contribution in [0.4, 0.5) is 5.69 Å². The lowest BCUT2D eigenvalue weighted by atomic mass is 9.91. The summed E-state index contributed by atoms with van der Waals surface area (Å²) in [7, 11) is 1.94. The molecule has 1 aliphatic carbocycles. The Balaban J connectivity index is 1.65. The number of nitrogens with one attached hydrogen (secondary N) is 1. The highest BCUT2D eigenvalue weighted by Crippen LogP contribution is 2.29. The van der Waals surface area contributed by atoms with Crippen LogP contribution in [-0.4, -0.2) is 17.7 Å². The Labute approximate surface area is 181 Å². The summed E-state index contributed by atoms with van der Waals surface area (Å²) in [6.07, 6.45) is 11.9. The van der Waals surface area contributed by atoms with Gasteiger partial charge in [0.15, 0.2) is 0 Å². The number of hydrogen-bond donors (Lipinski definition) is 1. The minimum atomic E-state index is 0.702. The maximum absolute atomic E-state index is 4.96. The van der Waals surface area contributed by atoms with Crippen molar-refractivity contribution in [2.24, 2.45) is 4.99 Å². The van der Waals surface area contributed by atoms with Gasteiger partial charge in [-0.3, -0.25) is 9.98 Å². The number of aromatic nitrogens is 1. The molecule has 3 heteroatoms. The van der Waals surface area contributed by atoms with Crippen LogP contribution in [0.15, 0.2) is 77.5 Å². The van der Waals surface area contributed by atoms with Crippen LogP contribution in [0.2, 0.25) is 0 Å². The first kappa shape index (κ1) is 21.9. The molecule has 0 spiro atoms. The first-order valence-corrected chi connectivity index (χ1v) is 10.8. The fourth-order valence-electron chi connectivity index (χ4n) is 3.79. The van der Waals surface area contributed by atoms with Crippen LogP contribution in [0, 0.1) is 0 Å². The molecule has 1 N–H and O–H groups in total. The van der Waals surface area contributed by atoms with E-state index in [0.717, 1.165) is 60.3 Å². The summed E-state index contributed by atoms with van der Waals surface area (Å²) in [5.41, 5.74) is 9.61. The molecule has 0 unspecified atom stereocenters. The van der Waals surface area contributed by atoms with E-state index in [1.165, 1.54) is 16.7 Å². The van der Waals surface area contributed by atoms with Crippen molar-refractivity contribution < 1.29 is 0 Å². The predicted molar refractivity (Wildman–Crippen MR) is 129 cm³/mol. The van der Waals surface area contributed by atoms with E-state index in [9.17, 15) is 0 Å². The van der Waals surface area contributed by atoms with Crippen LogP contribution in [0.1, 0.15) is 56.4 Å². The van der Waals surface area contributed by atoms with E-state index in [0.29, 0.717) is 6.54 Å². The Morgan fingerprint density at radius 2 is 1.80 bits per heavy atom. The van der Waals surface area contributed by atoms with Gasteiger partial charge in [0.05, 0.1) is 11.4 Å². The van der Waals surface area contributed by atoms with Crippen molar-refractivity contribution in [3.63, 3.8) is 0 Å². The highest BCUT2D eigenvalue weighted by Gasteiger charge is 2.11. The van der Waals surface area contributed by atoms with Crippen molar-refractivity contribution in [2.45, 2.75) is 52.5 Å². The number of allylic oxidation sites excluding steroid dienone is 5. The molecule has 2 aromatic rings. The molecule has 0 bridgehead atoms. The zero-order valence-corrected chi connectivity index (χ0v) is 18.5. The molecule has 0 amide bonds. The van der Waals surface area contributed by atoms with Crippen LogP contribution in [0.25, 0.3) is 5.57 Å². The Kier molecular flexibility index (Phi) is 7.92. The van der Waals surface area contributed by atoms with Gasteiger partial charge in [-0.1, -0.05) is 60.2 Å². The normalized spacial score (nSPS) is 14.3. The summed E-state index contributed by atoms with van der Waals surface area (Å²) in [5, 5.41) is 3.19. The van der Waals surface area contributed by atoms with Gasteiger partial charge in [-0.25, -0.2) is 0 Å². The van der Waals surface area contributed by atoms with Crippen molar-refractivity contribution in [3.8, 4) is 0 Å². The molecule has 1 aromatic heterocycles. The van der Waals surface area contributed by atoms with Crippen molar-refractivity contribution >= 4 is 17.0 Å². The molecule has 0 saturated carbocycles. The van der Waals surface area contributed by atoms with Gasteiger partial charge in [0.25, 0.3) is 0 Å². The van der Waals surface area contributed by atoms with Crippen LogP contribution >= 0.6 is 0 Å². The lowest BCUT2D eigenvalue weighted by Crippen LogP contribution is -2.08. The van der Waals surface area contributed by atoms with Crippen molar-refractivity contribution in [1.82, 2.24) is 10.3 Å². The first-order chi connectivity index (χ1) is 14.6. The fourth-order valence-corrected chi connectivity index (χ4v) is 3.79. The van der Waals surface area contributed by atoms with Crippen LogP contribution < -0.4 is 5.32 Å². The second kappa shape index (κ2) is 10.8. The van der Waals surface area contributed by atoms with Gasteiger partial charge in [-0.2, -0.15) is 0 Å². The van der Waals surface area contributed by atoms with Gasteiger partial charge >= 0.3 is 0 Å². The molecule has 1 aromatic carbocycles. The van der Waals surface area contributed by atoms with E-state index in [1.54, 1.807) is 0 Å². The molecule has 0 fully saturated rings. The molecule has 3 rings (SSSR count). The SMILES string of the molecule is C=C(C)c1ccnc(CNC)c1/N=C(\C)CCC1=CC=C(Cc2ccccc2)CC1. The third kappa shape index (κ3) is 6.11. The molecule has 0 atom stereocenters. The standard InChI is InChI=1S/C27H33N3/c1-20(2)25-16-17-29-26(19-28-4)27(25)30-21(3)10-11-22-12-14-24(15-13-22)18-23-8-6-5-7-9-23/h5-9,12,14,16-17,28H,1,10-11,13,15,18-19H2,2-4H3/b30-21+. The maximum Gasteiger partial charge on any atom is 0.0932 e. The maximum atomic E-state index is 4.96. The molecule has 1 heterocycles. The summed E-state index contributed by atoms with van der Waals surface area (Å²) < 4.78 is 0. The van der Waals surface area contributed by atoms with E-state index in [2.05, 4.69) is 66.3 Å². The third-order valence-electron chi connectivity index (χ3n) is 5.51. The second-order valence-electron chi connectivity index (χ2n) is 8.12. The van der Waals surface area contributed by atoms with Crippen molar-refractivity contribution in [1.29, 1.82) is 0 Å².